The van der Waals surface area contributed by atoms with Crippen molar-refractivity contribution in [3.8, 4) is 0 Å². The molecule has 3 heteroatoms. The van der Waals surface area contributed by atoms with Crippen molar-refractivity contribution in [2.24, 2.45) is 0 Å². The molecule has 64 valence electrons. The van der Waals surface area contributed by atoms with Gasteiger partial charge in [0.1, 0.15) is 0 Å². The molecule has 0 N–H and O–H groups in total. The summed E-state index contributed by atoms with van der Waals surface area (Å²) in [5.74, 6) is 0. The monoisotopic (exact) mass is 294 g/mol. The van der Waals surface area contributed by atoms with Crippen molar-refractivity contribution in [1.82, 2.24) is 0 Å². The molecule has 1 rings (SSSR count). The molecule has 12 heavy (non-hydrogen) atoms. The van der Waals surface area contributed by atoms with Crippen molar-refractivity contribution >= 4 is 39.4 Å². The molecule has 0 bridgehead atoms. The van der Waals surface area contributed by atoms with Gasteiger partial charge < -0.3 is 0 Å². The summed E-state index contributed by atoms with van der Waals surface area (Å²) >= 11 is 7.49. The summed E-state index contributed by atoms with van der Waals surface area (Å²) in [5, 5.41) is -0.269. The Bertz CT molecular complexity index is 286. The van der Waals surface area contributed by atoms with Crippen LogP contribution in [-0.2, 0) is 11.2 Å². The first-order valence-electron chi connectivity index (χ1n) is 3.62. The third-order valence-corrected chi connectivity index (χ3v) is 2.79. The topological polar surface area (TPSA) is 17.1 Å². The van der Waals surface area contributed by atoms with Crippen LogP contribution in [0.15, 0.2) is 24.3 Å². The third-order valence-electron chi connectivity index (χ3n) is 1.55. The highest BCUT2D eigenvalue weighted by molar-refractivity contribution is 14.1. The van der Waals surface area contributed by atoms with Crippen molar-refractivity contribution in [3.63, 3.8) is 0 Å². The van der Waals surface area contributed by atoms with Crippen LogP contribution >= 0.6 is 34.2 Å². The number of rotatable bonds is 3. The van der Waals surface area contributed by atoms with Gasteiger partial charge in [-0.2, -0.15) is 0 Å². The Morgan fingerprint density at radius 2 is 2.08 bits per heavy atom. The number of hydrogen-bond donors (Lipinski definition) is 0. The zero-order chi connectivity index (χ0) is 8.97. The molecule has 0 aliphatic heterocycles. The van der Waals surface area contributed by atoms with Crippen LogP contribution in [0.1, 0.15) is 12.0 Å². The summed E-state index contributed by atoms with van der Waals surface area (Å²) in [7, 11) is 0. The Kier molecular flexibility index (Phi) is 4.01. The SMILES string of the molecule is O=C(Cl)CCc1ccccc1I. The van der Waals surface area contributed by atoms with E-state index in [9.17, 15) is 4.79 Å². The van der Waals surface area contributed by atoms with Crippen LogP contribution in [0.25, 0.3) is 0 Å². The number of benzene rings is 1. The van der Waals surface area contributed by atoms with Crippen molar-refractivity contribution < 1.29 is 4.79 Å². The largest absolute Gasteiger partial charge is 0.281 e. The van der Waals surface area contributed by atoms with Crippen LogP contribution in [0.4, 0.5) is 0 Å². The molecule has 0 atom stereocenters. The van der Waals surface area contributed by atoms with Crippen LogP contribution in [-0.4, -0.2) is 5.24 Å². The molecular weight excluding hydrogens is 286 g/mol. The predicted octanol–water partition coefficient (Wildman–Crippen LogP) is 2.99. The molecule has 1 aromatic carbocycles. The second-order valence-electron chi connectivity index (χ2n) is 2.45. The van der Waals surface area contributed by atoms with Gasteiger partial charge in [-0.3, -0.25) is 4.79 Å². The van der Waals surface area contributed by atoms with E-state index < -0.39 is 0 Å². The van der Waals surface area contributed by atoms with Gasteiger partial charge in [-0.05, 0) is 52.2 Å². The first kappa shape index (κ1) is 9.99. The van der Waals surface area contributed by atoms with Gasteiger partial charge in [0, 0.05) is 9.99 Å². The van der Waals surface area contributed by atoms with E-state index in [1.165, 1.54) is 9.13 Å². The number of carbonyl (C=O) groups excluding carboxylic acids is 1. The Balaban J connectivity index is 2.63. The Labute approximate surface area is 90.3 Å². The van der Waals surface area contributed by atoms with Crippen molar-refractivity contribution in [2.45, 2.75) is 12.8 Å². The molecule has 0 heterocycles. The zero-order valence-corrected chi connectivity index (χ0v) is 9.30. The zero-order valence-electron chi connectivity index (χ0n) is 6.39. The number of hydrogen-bond acceptors (Lipinski definition) is 1. The van der Waals surface area contributed by atoms with Gasteiger partial charge >= 0.3 is 0 Å². The summed E-state index contributed by atoms with van der Waals surface area (Å²) in [4.78, 5) is 10.5. The summed E-state index contributed by atoms with van der Waals surface area (Å²) < 4.78 is 1.19. The lowest BCUT2D eigenvalue weighted by Crippen LogP contribution is -1.93. The Hall–Kier alpha value is -0.0900. The molecule has 0 aromatic heterocycles. The lowest BCUT2D eigenvalue weighted by Gasteiger charge is -2.00. The van der Waals surface area contributed by atoms with Crippen molar-refractivity contribution in [1.29, 1.82) is 0 Å². The maximum absolute atomic E-state index is 10.5. The van der Waals surface area contributed by atoms with Gasteiger partial charge in [-0.25, -0.2) is 0 Å². The van der Waals surface area contributed by atoms with Gasteiger partial charge in [0.05, 0.1) is 0 Å². The van der Waals surface area contributed by atoms with Crippen LogP contribution in [0.2, 0.25) is 0 Å². The maximum atomic E-state index is 10.5. The van der Waals surface area contributed by atoms with E-state index in [0.29, 0.717) is 6.42 Å². The number of aryl methyl sites for hydroxylation is 1. The molecule has 0 fully saturated rings. The molecule has 1 nitrogen and oxygen atoms in total. The van der Waals surface area contributed by atoms with Gasteiger partial charge in [-0.15, -0.1) is 0 Å². The standard InChI is InChI=1S/C9H8ClIO/c10-9(12)6-5-7-3-1-2-4-8(7)11/h1-4H,5-6H2. The lowest BCUT2D eigenvalue weighted by molar-refractivity contribution is -0.111. The minimum Gasteiger partial charge on any atom is -0.281 e. The Morgan fingerprint density at radius 1 is 1.42 bits per heavy atom. The summed E-state index contributed by atoms with van der Waals surface area (Å²) in [6, 6.07) is 7.99. The van der Waals surface area contributed by atoms with E-state index in [1.54, 1.807) is 0 Å². The second kappa shape index (κ2) is 4.82. The van der Waals surface area contributed by atoms with E-state index in [2.05, 4.69) is 22.6 Å². The number of halogens is 2. The molecular formula is C9H8ClIO. The van der Waals surface area contributed by atoms with Crippen LogP contribution in [0.3, 0.4) is 0 Å². The fourth-order valence-corrected chi connectivity index (χ4v) is 1.69. The van der Waals surface area contributed by atoms with Crippen LogP contribution < -0.4 is 0 Å². The normalized spacial score (nSPS) is 9.83. The molecule has 0 aliphatic rings. The van der Waals surface area contributed by atoms with E-state index >= 15 is 0 Å². The highest BCUT2D eigenvalue weighted by atomic mass is 127. The number of carbonyl (C=O) groups is 1. The van der Waals surface area contributed by atoms with Gasteiger partial charge in [0.15, 0.2) is 0 Å². The van der Waals surface area contributed by atoms with E-state index in [4.69, 9.17) is 11.6 Å². The van der Waals surface area contributed by atoms with Crippen molar-refractivity contribution in [3.05, 3.63) is 33.4 Å². The molecule has 0 radical (unpaired) electrons. The molecule has 0 amide bonds. The predicted molar refractivity (Wildman–Crippen MR) is 58.3 cm³/mol. The fourth-order valence-electron chi connectivity index (χ4n) is 0.934. The summed E-state index contributed by atoms with van der Waals surface area (Å²) in [5.41, 5.74) is 1.19. The molecule has 0 unspecified atom stereocenters. The second-order valence-corrected chi connectivity index (χ2v) is 4.03. The molecule has 0 aliphatic carbocycles. The van der Waals surface area contributed by atoms with E-state index in [-0.39, 0.29) is 5.24 Å². The maximum Gasteiger partial charge on any atom is 0.221 e. The van der Waals surface area contributed by atoms with Gasteiger partial charge in [0.25, 0.3) is 0 Å². The smallest absolute Gasteiger partial charge is 0.221 e. The lowest BCUT2D eigenvalue weighted by atomic mass is 10.1. The van der Waals surface area contributed by atoms with E-state index in [1.807, 2.05) is 24.3 Å². The van der Waals surface area contributed by atoms with Crippen LogP contribution in [0, 0.1) is 3.57 Å². The first-order valence-corrected chi connectivity index (χ1v) is 5.07. The van der Waals surface area contributed by atoms with Gasteiger partial charge in [0.2, 0.25) is 5.24 Å². The molecule has 0 saturated carbocycles. The summed E-state index contributed by atoms with van der Waals surface area (Å²) in [6.07, 6.45) is 1.16. The molecule has 1 aromatic rings. The van der Waals surface area contributed by atoms with E-state index in [0.717, 1.165) is 6.42 Å². The summed E-state index contributed by atoms with van der Waals surface area (Å²) in [6.45, 7) is 0. The van der Waals surface area contributed by atoms with Crippen LogP contribution in [0.5, 0.6) is 0 Å². The highest BCUT2D eigenvalue weighted by Crippen LogP contribution is 2.13. The average molecular weight is 295 g/mol. The molecule has 0 spiro atoms. The highest BCUT2D eigenvalue weighted by Gasteiger charge is 2.00. The fraction of sp³-hybridized carbons (Fsp3) is 0.222. The quantitative estimate of drug-likeness (QED) is 0.619. The first-order chi connectivity index (χ1) is 5.70. The minimum atomic E-state index is -0.269. The third kappa shape index (κ3) is 3.11. The van der Waals surface area contributed by atoms with Crippen molar-refractivity contribution in [2.75, 3.05) is 0 Å². The van der Waals surface area contributed by atoms with Gasteiger partial charge in [-0.1, -0.05) is 18.2 Å². The Morgan fingerprint density at radius 3 is 2.67 bits per heavy atom. The minimum absolute atomic E-state index is 0.269. The average Bonchev–Trinajstić information content (AvgIpc) is 2.03. The molecule has 0 saturated heterocycles.